The Labute approximate surface area is 342 Å². The van der Waals surface area contributed by atoms with E-state index in [2.05, 4.69) is 18.2 Å². The van der Waals surface area contributed by atoms with Gasteiger partial charge >= 0.3 is 0 Å². The zero-order valence-corrected chi connectivity index (χ0v) is 30.0. The zero-order valence-electron chi connectivity index (χ0n) is 40.2. The first-order chi connectivity index (χ1) is 32.3. The lowest BCUT2D eigenvalue weighted by atomic mass is 9.99. The monoisotopic (exact) mass is 744 g/mol. The lowest BCUT2D eigenvalue weighted by Crippen LogP contribution is -2.00. The SMILES string of the molecule is [2H]c1c([2H])c([2H])c(-c2c([2H])c([2H])c([2H])c3sc4c([2H])c(-c5nc(-c6ccccc6)nc(-c6cccc(-c7cccc8c7oc7c(-c9ccccc9)cccc78)c6)n5)c([2H])c([2H])c4c23)c([2H])c1[2H]. The predicted octanol–water partition coefficient (Wildman–Crippen LogP) is 14.1. The Balaban J connectivity index is 1.12. The first kappa shape index (κ1) is 22.9. The molecule has 0 saturated carbocycles. The Kier molecular flexibility index (Phi) is 5.42. The minimum Gasteiger partial charge on any atom is -0.455 e. The highest BCUT2D eigenvalue weighted by Gasteiger charge is 2.18. The van der Waals surface area contributed by atoms with Crippen LogP contribution in [0, 0.1) is 0 Å². The number of aromatic nitrogens is 3. The summed E-state index contributed by atoms with van der Waals surface area (Å²) in [5.74, 6) is 0.407. The van der Waals surface area contributed by atoms with Crippen molar-refractivity contribution in [2.75, 3.05) is 0 Å². The molecule has 0 aliphatic rings. The smallest absolute Gasteiger partial charge is 0.164 e. The molecule has 0 radical (unpaired) electrons. The molecular weight excluding hydrogens is 703 g/mol. The highest BCUT2D eigenvalue weighted by Crippen LogP contribution is 2.43. The van der Waals surface area contributed by atoms with Gasteiger partial charge in [0.15, 0.2) is 17.5 Å². The van der Waals surface area contributed by atoms with Gasteiger partial charge in [-0.1, -0.05) is 170 Å². The summed E-state index contributed by atoms with van der Waals surface area (Å²) < 4.78 is 104. The van der Waals surface area contributed by atoms with Crippen LogP contribution in [0.1, 0.15) is 15.1 Å². The Morgan fingerprint density at radius 1 is 0.411 bits per heavy atom. The van der Waals surface area contributed by atoms with Crippen LogP contribution in [0.15, 0.2) is 192 Å². The molecule has 4 nitrogen and oxygen atoms in total. The fraction of sp³-hybridized carbons (Fsp3) is 0. The van der Waals surface area contributed by atoms with E-state index >= 15 is 0 Å². The van der Waals surface area contributed by atoms with E-state index in [9.17, 15) is 4.11 Å². The topological polar surface area (TPSA) is 51.8 Å². The maximum Gasteiger partial charge on any atom is 0.164 e. The van der Waals surface area contributed by atoms with Gasteiger partial charge in [0, 0.05) is 58.8 Å². The molecule has 0 amide bonds. The molecule has 11 aromatic rings. The molecule has 0 saturated heterocycles. The average molecular weight is 745 g/mol. The van der Waals surface area contributed by atoms with Crippen molar-refractivity contribution in [1.82, 2.24) is 15.0 Å². The third-order valence-electron chi connectivity index (χ3n) is 9.75. The molecule has 0 spiro atoms. The van der Waals surface area contributed by atoms with E-state index in [4.69, 9.17) is 30.3 Å². The summed E-state index contributed by atoms with van der Waals surface area (Å²) in [4.78, 5) is 14.6. The molecule has 5 heteroatoms. The van der Waals surface area contributed by atoms with Gasteiger partial charge in [-0.2, -0.15) is 0 Å². The molecule has 0 atom stereocenters. The number of fused-ring (bicyclic) bond motifs is 6. The summed E-state index contributed by atoms with van der Waals surface area (Å²) in [7, 11) is 0. The molecule has 0 aliphatic heterocycles. The van der Waals surface area contributed by atoms with Crippen LogP contribution >= 0.6 is 11.3 Å². The van der Waals surface area contributed by atoms with Gasteiger partial charge < -0.3 is 4.42 Å². The molecule has 0 unspecified atom stereocenters. The molecule has 262 valence electrons. The molecule has 0 aliphatic carbocycles. The maximum absolute atomic E-state index is 9.65. The van der Waals surface area contributed by atoms with E-state index in [0.29, 0.717) is 16.7 Å². The third kappa shape index (κ3) is 5.48. The van der Waals surface area contributed by atoms with Gasteiger partial charge in [-0.15, -0.1) is 11.3 Å². The van der Waals surface area contributed by atoms with Crippen molar-refractivity contribution < 1.29 is 19.5 Å². The van der Waals surface area contributed by atoms with Crippen LogP contribution in [0.5, 0.6) is 0 Å². The first-order valence-electron chi connectivity index (χ1n) is 23.3. The van der Waals surface area contributed by atoms with E-state index in [-0.39, 0.29) is 60.4 Å². The summed E-state index contributed by atoms with van der Waals surface area (Å²) in [6.07, 6.45) is 0. The van der Waals surface area contributed by atoms with E-state index in [1.54, 1.807) is 0 Å². The molecule has 3 heterocycles. The standard InChI is InChI=1S/C51H31N3OS/c1-4-14-32(15-5-1)38-22-13-27-44-46(38)43-29-28-37(31-45(43)56-44)51-53-49(34-18-8-3-9-19-34)52-50(54-51)36-21-10-20-35(30-36)40-24-12-26-42-41-25-11-23-39(47(41)55-48(40)42)33-16-6-2-7-17-33/h1-31H/i1D,4D,5D,13D,14D,15D,22D,27D,28D,29D,31D. The Bertz CT molecular complexity index is 3870. The normalized spacial score (nSPS) is 14.3. The number of benzene rings is 8. The van der Waals surface area contributed by atoms with Crippen molar-refractivity contribution in [3.63, 3.8) is 0 Å². The Morgan fingerprint density at radius 2 is 1.02 bits per heavy atom. The minimum atomic E-state index is -0.658. The van der Waals surface area contributed by atoms with E-state index < -0.39 is 60.4 Å². The number of rotatable bonds is 6. The van der Waals surface area contributed by atoms with Crippen LogP contribution in [0.4, 0.5) is 0 Å². The van der Waals surface area contributed by atoms with Crippen molar-refractivity contribution in [3.05, 3.63) is 188 Å². The van der Waals surface area contributed by atoms with Crippen molar-refractivity contribution in [3.8, 4) is 67.5 Å². The molecule has 0 N–H and O–H groups in total. The second-order valence-corrected chi connectivity index (χ2v) is 14.1. The van der Waals surface area contributed by atoms with Crippen molar-refractivity contribution in [2.24, 2.45) is 0 Å². The molecular formula is C51H31N3OS. The zero-order chi connectivity index (χ0) is 46.6. The Morgan fingerprint density at radius 3 is 1.75 bits per heavy atom. The lowest BCUT2D eigenvalue weighted by molar-refractivity contribution is 0.671. The van der Waals surface area contributed by atoms with Gasteiger partial charge in [0.25, 0.3) is 0 Å². The van der Waals surface area contributed by atoms with E-state index in [0.717, 1.165) is 49.9 Å². The predicted molar refractivity (Wildman–Crippen MR) is 233 cm³/mol. The number of para-hydroxylation sites is 2. The fourth-order valence-electron chi connectivity index (χ4n) is 7.17. The summed E-state index contributed by atoms with van der Waals surface area (Å²) in [5, 5.41) is 1.89. The van der Waals surface area contributed by atoms with Crippen LogP contribution in [0.25, 0.3) is 110 Å². The number of nitrogens with zero attached hydrogens (tertiary/aromatic N) is 3. The summed E-state index contributed by atoms with van der Waals surface area (Å²) in [6.45, 7) is 0. The van der Waals surface area contributed by atoms with Crippen molar-refractivity contribution >= 4 is 53.4 Å². The lowest BCUT2D eigenvalue weighted by Gasteiger charge is -2.10. The highest BCUT2D eigenvalue weighted by atomic mass is 32.1. The molecule has 3 aromatic heterocycles. The van der Waals surface area contributed by atoms with Gasteiger partial charge in [0.1, 0.15) is 11.2 Å². The Hall–Kier alpha value is -7.21. The van der Waals surface area contributed by atoms with Gasteiger partial charge in [-0.25, -0.2) is 15.0 Å². The first-order valence-corrected chi connectivity index (χ1v) is 18.6. The van der Waals surface area contributed by atoms with Crippen LogP contribution in [-0.2, 0) is 0 Å². The number of thiophene rings is 1. The quantitative estimate of drug-likeness (QED) is 0.170. The van der Waals surface area contributed by atoms with E-state index in [1.165, 1.54) is 0 Å². The largest absolute Gasteiger partial charge is 0.455 e. The fourth-order valence-corrected chi connectivity index (χ4v) is 8.19. The summed E-state index contributed by atoms with van der Waals surface area (Å²) in [6, 6.07) is 33.2. The molecule has 56 heavy (non-hydrogen) atoms. The van der Waals surface area contributed by atoms with Gasteiger partial charge in [0.05, 0.1) is 15.1 Å². The van der Waals surface area contributed by atoms with E-state index in [1.807, 2.05) is 103 Å². The second-order valence-electron chi connectivity index (χ2n) is 13.1. The number of hydrogen-bond donors (Lipinski definition) is 0. The molecule has 11 rings (SSSR count). The van der Waals surface area contributed by atoms with Crippen molar-refractivity contribution in [2.45, 2.75) is 0 Å². The van der Waals surface area contributed by atoms with Crippen LogP contribution in [-0.4, -0.2) is 15.0 Å². The second kappa shape index (κ2) is 13.3. The average Bonchev–Trinajstić information content (AvgIpc) is 3.96. The van der Waals surface area contributed by atoms with Gasteiger partial charge in [0.2, 0.25) is 0 Å². The third-order valence-corrected chi connectivity index (χ3v) is 10.8. The van der Waals surface area contributed by atoms with Crippen molar-refractivity contribution in [1.29, 1.82) is 0 Å². The number of hydrogen-bond acceptors (Lipinski definition) is 5. The maximum atomic E-state index is 9.65. The van der Waals surface area contributed by atoms with Gasteiger partial charge in [-0.05, 0) is 40.4 Å². The summed E-state index contributed by atoms with van der Waals surface area (Å²) in [5.41, 5.74) is 5.65. The van der Waals surface area contributed by atoms with Crippen LogP contribution in [0.2, 0.25) is 0 Å². The highest BCUT2D eigenvalue weighted by molar-refractivity contribution is 7.26. The number of furan rings is 1. The van der Waals surface area contributed by atoms with Crippen LogP contribution < -0.4 is 0 Å². The molecule has 0 fully saturated rings. The molecule has 0 bridgehead atoms. The molecule has 8 aromatic carbocycles. The van der Waals surface area contributed by atoms with Gasteiger partial charge in [-0.3, -0.25) is 0 Å². The van der Waals surface area contributed by atoms with Crippen LogP contribution in [0.3, 0.4) is 0 Å². The minimum absolute atomic E-state index is 0.0167. The summed E-state index contributed by atoms with van der Waals surface area (Å²) >= 11 is 0.889.